The number of carbonyl (C=O) groups excluding carboxylic acids is 1. The van der Waals surface area contributed by atoms with E-state index in [1.807, 2.05) is 26.1 Å². The molecule has 1 heterocycles. The van der Waals surface area contributed by atoms with Gasteiger partial charge in [0.25, 0.3) is 0 Å². The summed E-state index contributed by atoms with van der Waals surface area (Å²) in [4.78, 5) is 15.3. The minimum Gasteiger partial charge on any atom is -0.490 e. The van der Waals surface area contributed by atoms with Crippen LogP contribution in [0.15, 0.2) is 18.3 Å². The average molecular weight is 266 g/mol. The highest BCUT2D eigenvalue weighted by atomic mass is 16.5. The van der Waals surface area contributed by atoms with Crippen molar-refractivity contribution in [3.05, 3.63) is 18.3 Å². The number of carbonyl (C=O) groups is 1. The number of anilines is 1. The van der Waals surface area contributed by atoms with Crippen LogP contribution in [0.2, 0.25) is 0 Å². The zero-order valence-electron chi connectivity index (χ0n) is 11.6. The largest absolute Gasteiger partial charge is 0.490 e. The van der Waals surface area contributed by atoms with Gasteiger partial charge in [-0.05, 0) is 38.3 Å². The van der Waals surface area contributed by atoms with E-state index < -0.39 is 0 Å². The van der Waals surface area contributed by atoms with Crippen LogP contribution >= 0.6 is 0 Å². The van der Waals surface area contributed by atoms with E-state index in [1.165, 1.54) is 0 Å². The number of unbranched alkanes of at least 4 members (excludes halogenated alkanes) is 2. The highest BCUT2D eigenvalue weighted by molar-refractivity contribution is 5.69. The Labute approximate surface area is 114 Å². The van der Waals surface area contributed by atoms with Crippen LogP contribution in [0.3, 0.4) is 0 Å². The van der Waals surface area contributed by atoms with Crippen molar-refractivity contribution < 1.29 is 14.3 Å². The van der Waals surface area contributed by atoms with Crippen LogP contribution in [-0.2, 0) is 9.53 Å². The molecule has 0 spiro atoms. The number of pyridine rings is 1. The molecule has 0 unspecified atom stereocenters. The summed E-state index contributed by atoms with van der Waals surface area (Å²) in [7, 11) is 1.81. The van der Waals surface area contributed by atoms with E-state index in [0.29, 0.717) is 19.6 Å². The van der Waals surface area contributed by atoms with Gasteiger partial charge in [-0.2, -0.15) is 0 Å². The van der Waals surface area contributed by atoms with E-state index in [9.17, 15) is 4.79 Å². The SMILES string of the molecule is CCOC(=O)CCCCCOc1cccnc1NC. The molecule has 19 heavy (non-hydrogen) atoms. The zero-order valence-corrected chi connectivity index (χ0v) is 11.6. The Morgan fingerprint density at radius 2 is 2.21 bits per heavy atom. The monoisotopic (exact) mass is 266 g/mol. The molecule has 0 aliphatic rings. The number of ether oxygens (including phenoxy) is 2. The number of nitrogens with zero attached hydrogens (tertiary/aromatic N) is 1. The van der Waals surface area contributed by atoms with E-state index in [2.05, 4.69) is 10.3 Å². The van der Waals surface area contributed by atoms with Gasteiger partial charge in [0.2, 0.25) is 0 Å². The summed E-state index contributed by atoms with van der Waals surface area (Å²) in [5.41, 5.74) is 0. The van der Waals surface area contributed by atoms with Gasteiger partial charge < -0.3 is 14.8 Å². The first-order chi connectivity index (χ1) is 9.27. The highest BCUT2D eigenvalue weighted by Gasteiger charge is 2.03. The van der Waals surface area contributed by atoms with Crippen LogP contribution in [0, 0.1) is 0 Å². The lowest BCUT2D eigenvalue weighted by Gasteiger charge is -2.09. The number of hydrogen-bond acceptors (Lipinski definition) is 5. The Bertz CT molecular complexity index is 383. The maximum absolute atomic E-state index is 11.1. The fourth-order valence-electron chi connectivity index (χ4n) is 1.66. The molecule has 1 aromatic heterocycles. The van der Waals surface area contributed by atoms with E-state index in [0.717, 1.165) is 30.8 Å². The van der Waals surface area contributed by atoms with Gasteiger partial charge >= 0.3 is 5.97 Å². The fourth-order valence-corrected chi connectivity index (χ4v) is 1.66. The van der Waals surface area contributed by atoms with E-state index in [-0.39, 0.29) is 5.97 Å². The number of rotatable bonds is 9. The third kappa shape index (κ3) is 6.08. The van der Waals surface area contributed by atoms with Crippen LogP contribution in [-0.4, -0.2) is 31.2 Å². The predicted octanol–water partition coefficient (Wildman–Crippen LogP) is 2.63. The quantitative estimate of drug-likeness (QED) is 0.550. The van der Waals surface area contributed by atoms with Crippen LogP contribution in [0.25, 0.3) is 0 Å². The average Bonchev–Trinajstić information content (AvgIpc) is 2.43. The normalized spacial score (nSPS) is 10.0. The first-order valence-electron chi connectivity index (χ1n) is 6.69. The third-order valence-corrected chi connectivity index (χ3v) is 2.60. The Morgan fingerprint density at radius 3 is 2.95 bits per heavy atom. The first kappa shape index (κ1) is 15.3. The molecule has 1 rings (SSSR count). The minimum absolute atomic E-state index is 0.117. The smallest absolute Gasteiger partial charge is 0.305 e. The van der Waals surface area contributed by atoms with E-state index >= 15 is 0 Å². The molecule has 106 valence electrons. The Kier molecular flexibility index (Phi) is 7.39. The van der Waals surface area contributed by atoms with Crippen molar-refractivity contribution in [3.8, 4) is 5.75 Å². The van der Waals surface area contributed by atoms with Crippen LogP contribution in [0.1, 0.15) is 32.6 Å². The number of nitrogens with one attached hydrogen (secondary N) is 1. The molecule has 5 heteroatoms. The molecule has 0 saturated heterocycles. The summed E-state index contributed by atoms with van der Waals surface area (Å²) in [6.45, 7) is 2.90. The number of esters is 1. The van der Waals surface area contributed by atoms with Gasteiger partial charge in [0.15, 0.2) is 11.6 Å². The Balaban J connectivity index is 2.12. The van der Waals surface area contributed by atoms with Crippen LogP contribution < -0.4 is 10.1 Å². The van der Waals surface area contributed by atoms with Crippen molar-refractivity contribution in [1.82, 2.24) is 4.98 Å². The number of aromatic nitrogens is 1. The van der Waals surface area contributed by atoms with Crippen molar-refractivity contribution >= 4 is 11.8 Å². The molecular weight excluding hydrogens is 244 g/mol. The second kappa shape index (κ2) is 9.19. The maximum Gasteiger partial charge on any atom is 0.305 e. The summed E-state index contributed by atoms with van der Waals surface area (Å²) in [6, 6.07) is 3.73. The molecule has 1 aromatic rings. The molecule has 0 amide bonds. The second-order valence-corrected chi connectivity index (χ2v) is 4.06. The summed E-state index contributed by atoms with van der Waals surface area (Å²) in [6.07, 6.45) is 4.92. The van der Waals surface area contributed by atoms with Gasteiger partial charge in [0.1, 0.15) is 0 Å². The van der Waals surface area contributed by atoms with Crippen molar-refractivity contribution in [1.29, 1.82) is 0 Å². The molecule has 0 fully saturated rings. The minimum atomic E-state index is -0.117. The van der Waals surface area contributed by atoms with E-state index in [4.69, 9.17) is 9.47 Å². The van der Waals surface area contributed by atoms with Crippen molar-refractivity contribution in [3.63, 3.8) is 0 Å². The number of hydrogen-bond donors (Lipinski definition) is 1. The maximum atomic E-state index is 11.1. The lowest BCUT2D eigenvalue weighted by Crippen LogP contribution is -2.04. The van der Waals surface area contributed by atoms with Gasteiger partial charge in [0.05, 0.1) is 13.2 Å². The van der Waals surface area contributed by atoms with Gasteiger partial charge in [-0.15, -0.1) is 0 Å². The van der Waals surface area contributed by atoms with Crippen molar-refractivity contribution in [2.45, 2.75) is 32.6 Å². The van der Waals surface area contributed by atoms with E-state index in [1.54, 1.807) is 6.20 Å². The predicted molar refractivity (Wildman–Crippen MR) is 74.4 cm³/mol. The molecule has 0 aliphatic carbocycles. The second-order valence-electron chi connectivity index (χ2n) is 4.06. The molecule has 0 radical (unpaired) electrons. The van der Waals surface area contributed by atoms with Crippen molar-refractivity contribution in [2.75, 3.05) is 25.6 Å². The van der Waals surface area contributed by atoms with Crippen LogP contribution in [0.4, 0.5) is 5.82 Å². The van der Waals surface area contributed by atoms with Gasteiger partial charge in [-0.25, -0.2) is 4.98 Å². The molecule has 0 bridgehead atoms. The first-order valence-corrected chi connectivity index (χ1v) is 6.69. The lowest BCUT2D eigenvalue weighted by atomic mass is 10.2. The van der Waals surface area contributed by atoms with Crippen molar-refractivity contribution in [2.24, 2.45) is 0 Å². The molecule has 0 saturated carbocycles. The molecular formula is C14H22N2O3. The Hall–Kier alpha value is -1.78. The zero-order chi connectivity index (χ0) is 13.9. The molecule has 1 N–H and O–H groups in total. The summed E-state index contributed by atoms with van der Waals surface area (Å²) in [5, 5.41) is 2.98. The topological polar surface area (TPSA) is 60.5 Å². The fraction of sp³-hybridized carbons (Fsp3) is 0.571. The summed E-state index contributed by atoms with van der Waals surface area (Å²) in [5.74, 6) is 1.39. The standard InChI is InChI=1S/C14H22N2O3/c1-3-18-13(17)9-5-4-6-11-19-12-8-7-10-16-14(12)15-2/h7-8,10H,3-6,9,11H2,1-2H3,(H,15,16). The molecule has 0 aromatic carbocycles. The molecule has 0 atom stereocenters. The summed E-state index contributed by atoms with van der Waals surface area (Å²) < 4.78 is 10.5. The summed E-state index contributed by atoms with van der Waals surface area (Å²) >= 11 is 0. The molecule has 0 aliphatic heterocycles. The van der Waals surface area contributed by atoms with Gasteiger partial charge in [-0.1, -0.05) is 0 Å². The molecule has 5 nitrogen and oxygen atoms in total. The Morgan fingerprint density at radius 1 is 1.37 bits per heavy atom. The van der Waals surface area contributed by atoms with Gasteiger partial charge in [-0.3, -0.25) is 4.79 Å². The lowest BCUT2D eigenvalue weighted by molar-refractivity contribution is -0.143. The van der Waals surface area contributed by atoms with Gasteiger partial charge in [0, 0.05) is 19.7 Å². The third-order valence-electron chi connectivity index (χ3n) is 2.60. The van der Waals surface area contributed by atoms with Crippen LogP contribution in [0.5, 0.6) is 5.75 Å². The highest BCUT2D eigenvalue weighted by Crippen LogP contribution is 2.20.